The number of ether oxygens (including phenoxy) is 2. The molecule has 4 aromatic rings. The van der Waals surface area contributed by atoms with Gasteiger partial charge in [0.1, 0.15) is 0 Å². The van der Waals surface area contributed by atoms with E-state index >= 15 is 0 Å². The maximum Gasteiger partial charge on any atom is 0.205 e. The fraction of sp³-hybridized carbons (Fsp3) is 0.259. The van der Waals surface area contributed by atoms with Crippen LogP contribution in [0.3, 0.4) is 0 Å². The molecule has 2 heterocycles. The summed E-state index contributed by atoms with van der Waals surface area (Å²) < 4.78 is 18.1. The predicted molar refractivity (Wildman–Crippen MR) is 125 cm³/mol. The first-order valence-electron chi connectivity index (χ1n) is 10.9. The van der Waals surface area contributed by atoms with E-state index in [4.69, 9.17) is 13.9 Å². The number of aryl methyl sites for hydroxylation is 2. The maximum atomic E-state index is 12.6. The lowest BCUT2D eigenvalue weighted by molar-refractivity contribution is 0.101. The fourth-order valence-corrected chi connectivity index (χ4v) is 3.89. The van der Waals surface area contributed by atoms with E-state index in [0.717, 1.165) is 29.5 Å². The molecule has 0 aliphatic heterocycles. The third-order valence-electron chi connectivity index (χ3n) is 5.47. The van der Waals surface area contributed by atoms with Crippen LogP contribution in [0, 0.1) is 6.92 Å². The van der Waals surface area contributed by atoms with Crippen LogP contribution in [-0.2, 0) is 12.8 Å². The summed E-state index contributed by atoms with van der Waals surface area (Å²) in [6.07, 6.45) is 5.75. The van der Waals surface area contributed by atoms with Crippen LogP contribution in [0.2, 0.25) is 0 Å². The van der Waals surface area contributed by atoms with Gasteiger partial charge in [-0.1, -0.05) is 36.4 Å². The third-order valence-corrected chi connectivity index (χ3v) is 5.47. The summed E-state index contributed by atoms with van der Waals surface area (Å²) in [5, 5.41) is 0.866. The van der Waals surface area contributed by atoms with Gasteiger partial charge in [0.25, 0.3) is 0 Å². The lowest BCUT2D eigenvalue weighted by Crippen LogP contribution is -2.11. The highest BCUT2D eigenvalue weighted by Gasteiger charge is 2.24. The number of Topliss-reactive ketones (excluding diaryl/α,β-unsaturated/α-hetero) is 1. The van der Waals surface area contributed by atoms with E-state index in [2.05, 4.69) is 17.1 Å². The van der Waals surface area contributed by atoms with Gasteiger partial charge in [-0.2, -0.15) is 0 Å². The van der Waals surface area contributed by atoms with Crippen LogP contribution in [0.25, 0.3) is 11.0 Å². The van der Waals surface area contributed by atoms with Crippen molar-refractivity contribution in [2.24, 2.45) is 0 Å². The van der Waals surface area contributed by atoms with Gasteiger partial charge in [-0.05, 0) is 56.0 Å². The molecular weight excluding hydrogens is 402 g/mol. The maximum absolute atomic E-state index is 12.6. The zero-order valence-electron chi connectivity index (χ0n) is 18.5. The second-order valence-corrected chi connectivity index (χ2v) is 7.73. The minimum Gasteiger partial charge on any atom is -0.488 e. The lowest BCUT2D eigenvalue weighted by Gasteiger charge is -2.18. The molecule has 0 aliphatic rings. The summed E-state index contributed by atoms with van der Waals surface area (Å²) in [7, 11) is 0. The van der Waals surface area contributed by atoms with Gasteiger partial charge < -0.3 is 13.9 Å². The number of nitrogens with zero attached hydrogens (tertiary/aromatic N) is 1. The predicted octanol–water partition coefficient (Wildman–Crippen LogP) is 5.97. The smallest absolute Gasteiger partial charge is 0.205 e. The van der Waals surface area contributed by atoms with Crippen LogP contribution < -0.4 is 9.47 Å². The van der Waals surface area contributed by atoms with Crippen LogP contribution in [0.5, 0.6) is 11.5 Å². The molecule has 0 amide bonds. The Morgan fingerprint density at radius 1 is 0.938 bits per heavy atom. The van der Waals surface area contributed by atoms with Crippen LogP contribution in [0.15, 0.2) is 71.5 Å². The topological polar surface area (TPSA) is 61.6 Å². The van der Waals surface area contributed by atoms with Crippen LogP contribution in [0.4, 0.5) is 0 Å². The molecule has 0 aliphatic carbocycles. The van der Waals surface area contributed by atoms with Crippen LogP contribution in [0.1, 0.15) is 40.5 Å². The van der Waals surface area contributed by atoms with Crippen molar-refractivity contribution in [2.45, 2.75) is 33.1 Å². The number of carbonyl (C=O) groups is 1. The number of ketones is 1. The van der Waals surface area contributed by atoms with Gasteiger partial charge in [-0.15, -0.1) is 0 Å². The highest BCUT2D eigenvalue weighted by molar-refractivity contribution is 6.05. The number of hydrogen-bond acceptors (Lipinski definition) is 5. The molecule has 0 atom stereocenters. The molecule has 0 saturated heterocycles. The summed E-state index contributed by atoms with van der Waals surface area (Å²) in [6, 6.07) is 18.0. The zero-order chi connectivity index (χ0) is 22.3. The molecule has 0 unspecified atom stereocenters. The van der Waals surface area contributed by atoms with Gasteiger partial charge in [-0.3, -0.25) is 9.78 Å². The Morgan fingerprint density at radius 3 is 2.47 bits per heavy atom. The number of fused-ring (bicyclic) bond motifs is 1. The standard InChI is InChI=1S/C27H27NO4/c1-19-23-14-18-31-25(23)27(30-16-8-11-21-9-4-3-5-10-21)26(24(19)20(2)29)32-17-13-22-12-6-7-15-28-22/h3-7,9-10,12,14-15,18H,8,11,13,16-17H2,1-2H3. The Balaban J connectivity index is 1.58. The third kappa shape index (κ3) is 4.83. The van der Waals surface area contributed by atoms with Crippen molar-refractivity contribution in [2.75, 3.05) is 13.2 Å². The molecule has 5 heteroatoms. The molecule has 2 aromatic heterocycles. The highest BCUT2D eigenvalue weighted by atomic mass is 16.5. The van der Waals surface area contributed by atoms with Gasteiger partial charge in [0, 0.05) is 23.7 Å². The molecular formula is C27H27NO4. The Hall–Kier alpha value is -3.60. The van der Waals surface area contributed by atoms with Crippen molar-refractivity contribution in [1.82, 2.24) is 4.98 Å². The molecule has 2 aromatic carbocycles. The summed E-state index contributed by atoms with van der Waals surface area (Å²) in [4.78, 5) is 16.9. The number of hydrogen-bond donors (Lipinski definition) is 0. The highest BCUT2D eigenvalue weighted by Crippen LogP contribution is 2.43. The first-order valence-corrected chi connectivity index (χ1v) is 10.9. The summed E-state index contributed by atoms with van der Waals surface area (Å²) in [5.41, 5.74) is 4.18. The molecule has 32 heavy (non-hydrogen) atoms. The van der Waals surface area contributed by atoms with Crippen molar-refractivity contribution < 1.29 is 18.7 Å². The number of benzene rings is 2. The van der Waals surface area contributed by atoms with E-state index < -0.39 is 0 Å². The zero-order valence-corrected chi connectivity index (χ0v) is 18.5. The Bertz CT molecular complexity index is 1180. The Labute approximate surface area is 188 Å². The van der Waals surface area contributed by atoms with E-state index in [9.17, 15) is 4.79 Å². The average molecular weight is 430 g/mol. The van der Waals surface area contributed by atoms with Crippen molar-refractivity contribution in [1.29, 1.82) is 0 Å². The van der Waals surface area contributed by atoms with E-state index in [-0.39, 0.29) is 5.78 Å². The normalized spacial score (nSPS) is 10.9. The van der Waals surface area contributed by atoms with Gasteiger partial charge in [0.15, 0.2) is 17.1 Å². The van der Waals surface area contributed by atoms with Gasteiger partial charge in [-0.25, -0.2) is 0 Å². The summed E-state index contributed by atoms with van der Waals surface area (Å²) >= 11 is 0. The molecule has 0 N–H and O–H groups in total. The Kier molecular flexibility index (Phi) is 6.85. The lowest BCUT2D eigenvalue weighted by atomic mass is 9.99. The van der Waals surface area contributed by atoms with E-state index in [0.29, 0.717) is 42.3 Å². The first kappa shape index (κ1) is 21.6. The monoisotopic (exact) mass is 429 g/mol. The second-order valence-electron chi connectivity index (χ2n) is 7.73. The summed E-state index contributed by atoms with van der Waals surface area (Å²) in [6.45, 7) is 4.34. The van der Waals surface area contributed by atoms with Crippen molar-refractivity contribution >= 4 is 16.8 Å². The average Bonchev–Trinajstić information content (AvgIpc) is 3.30. The number of furan rings is 1. The minimum atomic E-state index is -0.0624. The largest absolute Gasteiger partial charge is 0.488 e. The number of carbonyl (C=O) groups excluding carboxylic acids is 1. The van der Waals surface area contributed by atoms with Crippen molar-refractivity contribution in [3.63, 3.8) is 0 Å². The van der Waals surface area contributed by atoms with Crippen molar-refractivity contribution in [3.8, 4) is 11.5 Å². The number of rotatable bonds is 10. The van der Waals surface area contributed by atoms with Gasteiger partial charge in [0.2, 0.25) is 5.75 Å². The minimum absolute atomic E-state index is 0.0624. The molecule has 0 saturated carbocycles. The van der Waals surface area contributed by atoms with Crippen LogP contribution in [-0.4, -0.2) is 24.0 Å². The number of aromatic nitrogens is 1. The molecule has 0 radical (unpaired) electrons. The molecule has 164 valence electrons. The molecule has 0 spiro atoms. The first-order chi connectivity index (χ1) is 15.6. The van der Waals surface area contributed by atoms with Crippen molar-refractivity contribution in [3.05, 3.63) is 89.4 Å². The quantitative estimate of drug-likeness (QED) is 0.229. The fourth-order valence-electron chi connectivity index (χ4n) is 3.89. The Morgan fingerprint density at radius 2 is 1.72 bits per heavy atom. The van der Waals surface area contributed by atoms with Gasteiger partial charge >= 0.3 is 0 Å². The molecule has 4 rings (SSSR count). The van der Waals surface area contributed by atoms with E-state index in [1.807, 2.05) is 49.4 Å². The summed E-state index contributed by atoms with van der Waals surface area (Å²) in [5.74, 6) is 0.885. The second kappa shape index (κ2) is 10.1. The number of pyridine rings is 1. The van der Waals surface area contributed by atoms with Crippen LogP contribution >= 0.6 is 0 Å². The molecule has 0 bridgehead atoms. The van der Waals surface area contributed by atoms with E-state index in [1.54, 1.807) is 19.4 Å². The SMILES string of the molecule is CC(=O)c1c(OCCc2ccccn2)c(OCCCc2ccccc2)c2occc2c1C. The van der Waals surface area contributed by atoms with E-state index in [1.165, 1.54) is 5.56 Å². The van der Waals surface area contributed by atoms with Gasteiger partial charge in [0.05, 0.1) is 25.0 Å². The molecule has 0 fully saturated rings. The molecule has 5 nitrogen and oxygen atoms in total.